The minimum absolute atomic E-state index is 0. The molecule has 1 aliphatic rings. The Labute approximate surface area is 174 Å². The first-order valence-electron chi connectivity index (χ1n) is 8.45. The molecule has 0 aromatic heterocycles. The Balaban J connectivity index is 0.00000312. The lowest BCUT2D eigenvalue weighted by Crippen LogP contribution is -2.40. The van der Waals surface area contributed by atoms with Crippen LogP contribution in [0.25, 0.3) is 0 Å². The van der Waals surface area contributed by atoms with Crippen molar-refractivity contribution in [2.75, 3.05) is 45.9 Å². The second-order valence-electron chi connectivity index (χ2n) is 5.68. The summed E-state index contributed by atoms with van der Waals surface area (Å²) in [6, 6.07) is 5.09. The second kappa shape index (κ2) is 12.8. The molecular formula is C17H27BrFIN4O. The van der Waals surface area contributed by atoms with Gasteiger partial charge in [0.05, 0.1) is 24.2 Å². The zero-order valence-corrected chi connectivity index (χ0v) is 18.5. The molecule has 0 unspecified atom stereocenters. The van der Waals surface area contributed by atoms with Gasteiger partial charge in [-0.15, -0.1) is 24.0 Å². The van der Waals surface area contributed by atoms with Crippen LogP contribution in [0.2, 0.25) is 0 Å². The van der Waals surface area contributed by atoms with E-state index in [9.17, 15) is 4.39 Å². The first-order chi connectivity index (χ1) is 11.7. The van der Waals surface area contributed by atoms with E-state index >= 15 is 0 Å². The third kappa shape index (κ3) is 8.65. The van der Waals surface area contributed by atoms with E-state index in [2.05, 4.69) is 36.5 Å². The van der Waals surface area contributed by atoms with Crippen molar-refractivity contribution in [3.05, 3.63) is 34.1 Å². The minimum atomic E-state index is -0.258. The van der Waals surface area contributed by atoms with E-state index < -0.39 is 0 Å². The molecule has 1 saturated heterocycles. The normalized spacial score (nSPS) is 15.6. The van der Waals surface area contributed by atoms with Gasteiger partial charge in [0, 0.05) is 26.2 Å². The molecule has 2 N–H and O–H groups in total. The van der Waals surface area contributed by atoms with Crippen LogP contribution in [-0.4, -0.2) is 56.8 Å². The predicted octanol–water partition coefficient (Wildman–Crippen LogP) is 2.98. The van der Waals surface area contributed by atoms with Crippen molar-refractivity contribution in [1.82, 2.24) is 15.5 Å². The number of rotatable bonds is 7. The zero-order chi connectivity index (χ0) is 17.2. The summed E-state index contributed by atoms with van der Waals surface area (Å²) in [5.74, 6) is 0.508. The van der Waals surface area contributed by atoms with Crippen molar-refractivity contribution >= 4 is 45.9 Å². The Bertz CT molecular complexity index is 541. The molecule has 5 nitrogen and oxygen atoms in total. The zero-order valence-electron chi connectivity index (χ0n) is 14.6. The fourth-order valence-electron chi connectivity index (χ4n) is 2.48. The highest BCUT2D eigenvalue weighted by Crippen LogP contribution is 2.16. The minimum Gasteiger partial charge on any atom is -0.379 e. The van der Waals surface area contributed by atoms with E-state index in [1.54, 1.807) is 6.07 Å². The number of hydrogen-bond donors (Lipinski definition) is 2. The van der Waals surface area contributed by atoms with Gasteiger partial charge in [0.2, 0.25) is 0 Å². The smallest absolute Gasteiger partial charge is 0.191 e. The molecule has 0 atom stereocenters. The van der Waals surface area contributed by atoms with Crippen molar-refractivity contribution < 1.29 is 9.13 Å². The summed E-state index contributed by atoms with van der Waals surface area (Å²) in [6.45, 7) is 8.90. The Morgan fingerprint density at radius 1 is 1.32 bits per heavy atom. The average molecular weight is 529 g/mol. The SMILES string of the molecule is CCNC(=NCc1ccc(Br)c(F)c1)NCCCN1CCOCC1.I. The predicted molar refractivity (Wildman–Crippen MR) is 114 cm³/mol. The number of ether oxygens (including phenoxy) is 1. The maximum Gasteiger partial charge on any atom is 0.191 e. The van der Waals surface area contributed by atoms with Crippen LogP contribution in [0.15, 0.2) is 27.7 Å². The second-order valence-corrected chi connectivity index (χ2v) is 6.53. The lowest BCUT2D eigenvalue weighted by molar-refractivity contribution is 0.0376. The molecule has 1 aliphatic heterocycles. The maximum absolute atomic E-state index is 13.5. The van der Waals surface area contributed by atoms with Crippen LogP contribution in [0.5, 0.6) is 0 Å². The van der Waals surface area contributed by atoms with Crippen molar-refractivity contribution in [1.29, 1.82) is 0 Å². The standard InChI is InChI=1S/C17H26BrFN4O.HI/c1-2-20-17(21-6-3-7-23-8-10-24-11-9-23)22-13-14-4-5-15(18)16(19)12-14;/h4-5,12H,2-3,6-11,13H2,1H3,(H2,20,21,22);1H. The van der Waals surface area contributed by atoms with Crippen LogP contribution in [0.4, 0.5) is 4.39 Å². The van der Waals surface area contributed by atoms with Gasteiger partial charge in [0.15, 0.2) is 5.96 Å². The first kappa shape index (κ1) is 22.6. The van der Waals surface area contributed by atoms with Gasteiger partial charge >= 0.3 is 0 Å². The van der Waals surface area contributed by atoms with Gasteiger partial charge in [-0.25, -0.2) is 9.38 Å². The fraction of sp³-hybridized carbons (Fsp3) is 0.588. The third-order valence-electron chi connectivity index (χ3n) is 3.80. The molecule has 0 bridgehead atoms. The van der Waals surface area contributed by atoms with Crippen LogP contribution in [0, 0.1) is 5.82 Å². The molecule has 25 heavy (non-hydrogen) atoms. The van der Waals surface area contributed by atoms with Crippen molar-refractivity contribution in [3.63, 3.8) is 0 Å². The average Bonchev–Trinajstić information content (AvgIpc) is 2.60. The number of guanidine groups is 1. The molecule has 142 valence electrons. The molecule has 0 amide bonds. The van der Waals surface area contributed by atoms with E-state index in [4.69, 9.17) is 4.74 Å². The van der Waals surface area contributed by atoms with Crippen molar-refractivity contribution in [2.45, 2.75) is 19.9 Å². The summed E-state index contributed by atoms with van der Waals surface area (Å²) in [6.07, 6.45) is 1.05. The Morgan fingerprint density at radius 3 is 2.76 bits per heavy atom. The summed E-state index contributed by atoms with van der Waals surface area (Å²) in [7, 11) is 0. The number of halogens is 3. The van der Waals surface area contributed by atoms with Crippen LogP contribution in [-0.2, 0) is 11.3 Å². The first-order valence-corrected chi connectivity index (χ1v) is 9.24. The molecule has 0 saturated carbocycles. The van der Waals surface area contributed by atoms with Crippen LogP contribution in [0.3, 0.4) is 0 Å². The topological polar surface area (TPSA) is 48.9 Å². The highest BCUT2D eigenvalue weighted by Gasteiger charge is 2.09. The highest BCUT2D eigenvalue weighted by molar-refractivity contribution is 14.0. The number of nitrogens with one attached hydrogen (secondary N) is 2. The van der Waals surface area contributed by atoms with Crippen LogP contribution in [0.1, 0.15) is 18.9 Å². The molecule has 0 aliphatic carbocycles. The van der Waals surface area contributed by atoms with E-state index in [1.807, 2.05) is 13.0 Å². The molecule has 1 aromatic carbocycles. The van der Waals surface area contributed by atoms with Gasteiger partial charge in [0.1, 0.15) is 5.82 Å². The number of morpholine rings is 1. The van der Waals surface area contributed by atoms with Gasteiger partial charge in [0.25, 0.3) is 0 Å². The molecule has 0 spiro atoms. The van der Waals surface area contributed by atoms with Gasteiger partial charge < -0.3 is 15.4 Å². The molecule has 1 fully saturated rings. The molecule has 1 heterocycles. The van der Waals surface area contributed by atoms with Gasteiger partial charge in [-0.3, -0.25) is 4.90 Å². The lowest BCUT2D eigenvalue weighted by Gasteiger charge is -2.26. The van der Waals surface area contributed by atoms with Crippen molar-refractivity contribution in [3.8, 4) is 0 Å². The summed E-state index contributed by atoms with van der Waals surface area (Å²) < 4.78 is 19.4. The lowest BCUT2D eigenvalue weighted by atomic mass is 10.2. The number of hydrogen-bond acceptors (Lipinski definition) is 3. The summed E-state index contributed by atoms with van der Waals surface area (Å²) in [4.78, 5) is 6.93. The molecular weight excluding hydrogens is 502 g/mol. The van der Waals surface area contributed by atoms with E-state index in [1.165, 1.54) is 6.07 Å². The number of nitrogens with zero attached hydrogens (tertiary/aromatic N) is 2. The summed E-state index contributed by atoms with van der Waals surface area (Å²) in [5.41, 5.74) is 0.848. The van der Waals surface area contributed by atoms with Crippen LogP contribution < -0.4 is 10.6 Å². The quantitative estimate of drug-likeness (QED) is 0.247. The monoisotopic (exact) mass is 528 g/mol. The number of aliphatic imine (C=N–C) groups is 1. The maximum atomic E-state index is 13.5. The number of benzene rings is 1. The van der Waals surface area contributed by atoms with E-state index in [-0.39, 0.29) is 29.8 Å². The van der Waals surface area contributed by atoms with Gasteiger partial charge in [-0.1, -0.05) is 6.07 Å². The highest BCUT2D eigenvalue weighted by atomic mass is 127. The fourth-order valence-corrected chi connectivity index (χ4v) is 2.73. The van der Waals surface area contributed by atoms with Gasteiger partial charge in [-0.05, 0) is 53.5 Å². The molecule has 1 aromatic rings. The largest absolute Gasteiger partial charge is 0.379 e. The Hall–Kier alpha value is -0.450. The van der Waals surface area contributed by atoms with Crippen LogP contribution >= 0.6 is 39.9 Å². The molecule has 0 radical (unpaired) electrons. The van der Waals surface area contributed by atoms with Crippen molar-refractivity contribution in [2.24, 2.45) is 4.99 Å². The molecule has 2 rings (SSSR count). The summed E-state index contributed by atoms with van der Waals surface area (Å²) in [5, 5.41) is 6.55. The van der Waals surface area contributed by atoms with E-state index in [0.717, 1.165) is 63.9 Å². The summed E-state index contributed by atoms with van der Waals surface area (Å²) >= 11 is 3.16. The molecule has 8 heteroatoms. The van der Waals surface area contributed by atoms with E-state index in [0.29, 0.717) is 11.0 Å². The van der Waals surface area contributed by atoms with Gasteiger partial charge in [-0.2, -0.15) is 0 Å². The third-order valence-corrected chi connectivity index (χ3v) is 4.44. The Morgan fingerprint density at radius 2 is 2.08 bits per heavy atom. The Kier molecular flexibility index (Phi) is 11.6.